The van der Waals surface area contributed by atoms with Gasteiger partial charge in [-0.1, -0.05) is 24.3 Å². The van der Waals surface area contributed by atoms with E-state index in [1.165, 1.54) is 11.1 Å². The molecule has 2 heterocycles. The molecule has 0 atom stereocenters. The molecule has 5 nitrogen and oxygen atoms in total. The first kappa shape index (κ1) is 15.9. The topological polar surface area (TPSA) is 62.7 Å². The number of aromatic nitrogens is 3. The first-order valence-electron chi connectivity index (χ1n) is 8.08. The standard InChI is InChI=1S/C19H21N5/c1-3-21-19-23-17(16-9-6-10-20-12-16)11-18(24-19)22-13-15-8-5-4-7-14(15)2/h4-12H,3,13H2,1-2H3,(H2,21,22,23,24). The molecule has 0 aliphatic heterocycles. The Bertz CT molecular complexity index is 802. The lowest BCUT2D eigenvalue weighted by atomic mass is 10.1. The Balaban J connectivity index is 1.86. The van der Waals surface area contributed by atoms with Gasteiger partial charge in [-0.2, -0.15) is 4.98 Å². The zero-order valence-electron chi connectivity index (χ0n) is 14.0. The molecule has 122 valence electrons. The summed E-state index contributed by atoms with van der Waals surface area (Å²) in [4.78, 5) is 13.3. The van der Waals surface area contributed by atoms with E-state index in [4.69, 9.17) is 0 Å². The van der Waals surface area contributed by atoms with Crippen LogP contribution in [-0.4, -0.2) is 21.5 Å². The third-order valence-electron chi connectivity index (χ3n) is 3.74. The lowest BCUT2D eigenvalue weighted by Crippen LogP contribution is -2.08. The van der Waals surface area contributed by atoms with E-state index in [1.807, 2.05) is 37.4 Å². The van der Waals surface area contributed by atoms with Crippen molar-refractivity contribution in [1.82, 2.24) is 15.0 Å². The number of hydrogen-bond donors (Lipinski definition) is 2. The van der Waals surface area contributed by atoms with E-state index in [0.717, 1.165) is 30.2 Å². The zero-order valence-corrected chi connectivity index (χ0v) is 14.0. The van der Waals surface area contributed by atoms with Crippen molar-refractivity contribution in [2.24, 2.45) is 0 Å². The molecule has 2 N–H and O–H groups in total. The molecule has 0 amide bonds. The van der Waals surface area contributed by atoms with E-state index in [0.29, 0.717) is 5.95 Å². The molecule has 0 unspecified atom stereocenters. The van der Waals surface area contributed by atoms with Crippen LogP contribution in [0.2, 0.25) is 0 Å². The molecule has 3 aromatic rings. The van der Waals surface area contributed by atoms with Crippen LogP contribution < -0.4 is 10.6 Å². The molecule has 0 aliphatic rings. The zero-order chi connectivity index (χ0) is 16.8. The predicted molar refractivity (Wildman–Crippen MR) is 97.9 cm³/mol. The normalized spacial score (nSPS) is 10.4. The van der Waals surface area contributed by atoms with E-state index in [1.54, 1.807) is 6.20 Å². The van der Waals surface area contributed by atoms with Gasteiger partial charge >= 0.3 is 0 Å². The SMILES string of the molecule is CCNc1nc(NCc2ccccc2C)cc(-c2cccnc2)n1. The minimum atomic E-state index is 0.617. The number of aryl methyl sites for hydroxylation is 1. The number of rotatable bonds is 6. The summed E-state index contributed by atoms with van der Waals surface area (Å²) >= 11 is 0. The number of hydrogen-bond acceptors (Lipinski definition) is 5. The molecule has 1 aromatic carbocycles. The number of anilines is 2. The van der Waals surface area contributed by atoms with Crippen LogP contribution in [0.3, 0.4) is 0 Å². The molecule has 2 aromatic heterocycles. The highest BCUT2D eigenvalue weighted by Gasteiger charge is 2.07. The highest BCUT2D eigenvalue weighted by atomic mass is 15.1. The second-order valence-corrected chi connectivity index (χ2v) is 5.51. The Kier molecular flexibility index (Phi) is 5.01. The molecule has 24 heavy (non-hydrogen) atoms. The minimum absolute atomic E-state index is 0.617. The summed E-state index contributed by atoms with van der Waals surface area (Å²) in [6.07, 6.45) is 3.57. The third-order valence-corrected chi connectivity index (χ3v) is 3.74. The first-order chi connectivity index (χ1) is 11.8. The molecule has 0 radical (unpaired) electrons. The Morgan fingerprint density at radius 3 is 2.62 bits per heavy atom. The highest BCUT2D eigenvalue weighted by molar-refractivity contribution is 5.63. The second kappa shape index (κ2) is 7.55. The van der Waals surface area contributed by atoms with Gasteiger partial charge in [0.15, 0.2) is 0 Å². The maximum Gasteiger partial charge on any atom is 0.225 e. The summed E-state index contributed by atoms with van der Waals surface area (Å²) in [5.41, 5.74) is 4.34. The number of nitrogens with zero attached hydrogens (tertiary/aromatic N) is 3. The quantitative estimate of drug-likeness (QED) is 0.721. The van der Waals surface area contributed by atoms with Crippen LogP contribution >= 0.6 is 0 Å². The smallest absolute Gasteiger partial charge is 0.225 e. The molecular weight excluding hydrogens is 298 g/mol. The van der Waals surface area contributed by atoms with Gasteiger partial charge in [-0.15, -0.1) is 0 Å². The maximum atomic E-state index is 4.56. The summed E-state index contributed by atoms with van der Waals surface area (Å²) in [5.74, 6) is 1.41. The average molecular weight is 319 g/mol. The van der Waals surface area contributed by atoms with Gasteiger partial charge in [-0.25, -0.2) is 4.98 Å². The van der Waals surface area contributed by atoms with E-state index >= 15 is 0 Å². The van der Waals surface area contributed by atoms with Crippen LogP contribution in [0.5, 0.6) is 0 Å². The molecule has 0 saturated carbocycles. The molecule has 5 heteroatoms. The van der Waals surface area contributed by atoms with Crippen molar-refractivity contribution < 1.29 is 0 Å². The van der Waals surface area contributed by atoms with E-state index in [2.05, 4.69) is 50.7 Å². The average Bonchev–Trinajstić information content (AvgIpc) is 2.62. The molecule has 0 saturated heterocycles. The minimum Gasteiger partial charge on any atom is -0.366 e. The van der Waals surface area contributed by atoms with Gasteiger partial charge in [0.05, 0.1) is 5.69 Å². The fourth-order valence-corrected chi connectivity index (χ4v) is 2.43. The van der Waals surface area contributed by atoms with Crippen molar-refractivity contribution >= 4 is 11.8 Å². The fourth-order valence-electron chi connectivity index (χ4n) is 2.43. The number of pyridine rings is 1. The van der Waals surface area contributed by atoms with Crippen LogP contribution in [0.1, 0.15) is 18.1 Å². The Hall–Kier alpha value is -2.95. The van der Waals surface area contributed by atoms with E-state index in [9.17, 15) is 0 Å². The maximum absolute atomic E-state index is 4.56. The number of nitrogens with one attached hydrogen (secondary N) is 2. The highest BCUT2D eigenvalue weighted by Crippen LogP contribution is 2.21. The van der Waals surface area contributed by atoms with Crippen molar-refractivity contribution in [3.63, 3.8) is 0 Å². The van der Waals surface area contributed by atoms with E-state index in [-0.39, 0.29) is 0 Å². The van der Waals surface area contributed by atoms with E-state index < -0.39 is 0 Å². The van der Waals surface area contributed by atoms with Gasteiger partial charge < -0.3 is 10.6 Å². The van der Waals surface area contributed by atoms with Crippen LogP contribution in [0, 0.1) is 6.92 Å². The van der Waals surface area contributed by atoms with Gasteiger partial charge in [0.1, 0.15) is 5.82 Å². The summed E-state index contributed by atoms with van der Waals surface area (Å²) in [5, 5.41) is 6.58. The molecule has 0 spiro atoms. The monoisotopic (exact) mass is 319 g/mol. The predicted octanol–water partition coefficient (Wildman–Crippen LogP) is 3.89. The lowest BCUT2D eigenvalue weighted by molar-refractivity contribution is 1.05. The number of benzene rings is 1. The van der Waals surface area contributed by atoms with Crippen LogP contribution in [0.4, 0.5) is 11.8 Å². The summed E-state index contributed by atoms with van der Waals surface area (Å²) in [6, 6.07) is 14.2. The molecule has 0 aliphatic carbocycles. The van der Waals surface area contributed by atoms with Crippen LogP contribution in [0.25, 0.3) is 11.3 Å². The van der Waals surface area contributed by atoms with Gasteiger partial charge in [-0.05, 0) is 37.1 Å². The Labute approximate surface area is 142 Å². The lowest BCUT2D eigenvalue weighted by Gasteiger charge is -2.11. The van der Waals surface area contributed by atoms with Gasteiger partial charge in [0, 0.05) is 37.1 Å². The Morgan fingerprint density at radius 2 is 1.88 bits per heavy atom. The summed E-state index contributed by atoms with van der Waals surface area (Å²) < 4.78 is 0. The van der Waals surface area contributed by atoms with Crippen molar-refractivity contribution in [1.29, 1.82) is 0 Å². The van der Waals surface area contributed by atoms with Gasteiger partial charge in [0.25, 0.3) is 0 Å². The summed E-state index contributed by atoms with van der Waals surface area (Å²) in [6.45, 7) is 5.64. The molecule has 3 rings (SSSR count). The fraction of sp³-hybridized carbons (Fsp3) is 0.211. The van der Waals surface area contributed by atoms with Crippen LogP contribution in [0.15, 0.2) is 54.9 Å². The Morgan fingerprint density at radius 1 is 1.00 bits per heavy atom. The van der Waals surface area contributed by atoms with Crippen molar-refractivity contribution in [2.45, 2.75) is 20.4 Å². The molecule has 0 fully saturated rings. The van der Waals surface area contributed by atoms with Crippen LogP contribution in [-0.2, 0) is 6.54 Å². The third kappa shape index (κ3) is 3.87. The van der Waals surface area contributed by atoms with Crippen molar-refractivity contribution in [3.05, 3.63) is 66.0 Å². The van der Waals surface area contributed by atoms with Gasteiger partial charge in [0.2, 0.25) is 5.95 Å². The molecule has 0 bridgehead atoms. The second-order valence-electron chi connectivity index (χ2n) is 5.51. The molecular formula is C19H21N5. The first-order valence-corrected chi connectivity index (χ1v) is 8.08. The van der Waals surface area contributed by atoms with Crippen molar-refractivity contribution in [3.8, 4) is 11.3 Å². The van der Waals surface area contributed by atoms with Gasteiger partial charge in [-0.3, -0.25) is 4.98 Å². The summed E-state index contributed by atoms with van der Waals surface area (Å²) in [7, 11) is 0. The van der Waals surface area contributed by atoms with Crippen molar-refractivity contribution in [2.75, 3.05) is 17.2 Å². The largest absolute Gasteiger partial charge is 0.366 e.